The zero-order chi connectivity index (χ0) is 6.78. The molecule has 0 saturated heterocycles. The monoisotopic (exact) mass is 168 g/mol. The molecule has 0 aromatic rings. The molecule has 6 heteroatoms. The van der Waals surface area contributed by atoms with Gasteiger partial charge >= 0.3 is 11.7 Å². The van der Waals surface area contributed by atoms with Crippen molar-refractivity contribution in [1.29, 1.82) is 0 Å². The molecule has 0 unspecified atom stereocenters. The third-order valence-electron chi connectivity index (χ3n) is 0.357. The maximum absolute atomic E-state index is 11.4. The highest BCUT2D eigenvalue weighted by Crippen LogP contribution is 2.37. The lowest BCUT2D eigenvalue weighted by molar-refractivity contribution is -0.0553. The van der Waals surface area contributed by atoms with Crippen molar-refractivity contribution in [3.8, 4) is 0 Å². The summed E-state index contributed by atoms with van der Waals surface area (Å²) in [5.41, 5.74) is 0. The molecule has 0 aromatic carbocycles. The van der Waals surface area contributed by atoms with Crippen molar-refractivity contribution < 1.29 is 17.6 Å². The van der Waals surface area contributed by atoms with E-state index in [2.05, 4.69) is 10.7 Å². The number of hydrogen-bond acceptors (Lipinski definition) is 1. The van der Waals surface area contributed by atoms with E-state index in [0.29, 0.717) is 0 Å². The lowest BCUT2D eigenvalue weighted by Crippen LogP contribution is -2.19. The lowest BCUT2D eigenvalue weighted by atomic mass is 10.7. The van der Waals surface area contributed by atoms with Gasteiger partial charge in [-0.3, -0.25) is 0 Å². The van der Waals surface area contributed by atoms with Crippen molar-refractivity contribution in [2.24, 2.45) is 0 Å². The molecule has 0 amide bonds. The van der Waals surface area contributed by atoms with E-state index in [0.717, 1.165) is 0 Å². The molecule has 0 fully saturated rings. The topological polar surface area (TPSA) is 0 Å². The van der Waals surface area contributed by atoms with Crippen LogP contribution in [0.5, 0.6) is 0 Å². The quantitative estimate of drug-likeness (QED) is 0.572. The molecule has 0 atom stereocenters. The molecule has 0 bridgehead atoms. The first-order valence-electron chi connectivity index (χ1n) is 1.46. The average Bonchev–Trinajstić information content (AvgIpc) is 1.67. The van der Waals surface area contributed by atoms with Gasteiger partial charge < -0.3 is 0 Å². The highest BCUT2D eigenvalue weighted by Gasteiger charge is 2.41. The number of halogens is 5. The van der Waals surface area contributed by atoms with Gasteiger partial charge in [-0.1, -0.05) is 0 Å². The first-order valence-corrected chi connectivity index (χ1v) is 3.10. The van der Waals surface area contributed by atoms with E-state index >= 15 is 0 Å². The smallest absolute Gasteiger partial charge is 0.202 e. The molecule has 0 aliphatic heterocycles. The van der Waals surface area contributed by atoms with Gasteiger partial charge in [0.2, 0.25) is 0 Å². The summed E-state index contributed by atoms with van der Waals surface area (Å²) in [5.74, 6) is 0. The highest BCUT2D eigenvalue weighted by atomic mass is 35.7. The minimum absolute atomic E-state index is 0.676. The Bertz CT molecular complexity index is 74.4. The molecule has 0 radical (unpaired) electrons. The molecule has 0 aliphatic carbocycles. The van der Waals surface area contributed by atoms with E-state index in [1.807, 2.05) is 0 Å². The third-order valence-corrected chi connectivity index (χ3v) is 1.36. The Hall–Kier alpha value is 0.360. The maximum atomic E-state index is 11.4. The summed E-state index contributed by atoms with van der Waals surface area (Å²) in [5, 5.41) is -4.11. The van der Waals surface area contributed by atoms with Gasteiger partial charge in [0.25, 0.3) is 0 Å². The molecule has 0 saturated carbocycles. The molecule has 0 spiro atoms. The Morgan fingerprint density at radius 1 is 1.38 bits per heavy atom. The molecular weight excluding hydrogens is 168 g/mol. The van der Waals surface area contributed by atoms with Crippen LogP contribution >= 0.6 is 21.7 Å². The van der Waals surface area contributed by atoms with Gasteiger partial charge in [0, 0.05) is 11.0 Å². The number of alkyl halides is 4. The van der Waals surface area contributed by atoms with Gasteiger partial charge in [0.1, 0.15) is 0 Å². The molecule has 0 rings (SSSR count). The van der Waals surface area contributed by atoms with Crippen molar-refractivity contribution in [3.05, 3.63) is 0 Å². The molecule has 0 N–H and O–H groups in total. The number of rotatable bonds is 2. The fourth-order valence-corrected chi connectivity index (χ4v) is 0.303. The molecule has 0 heterocycles. The van der Waals surface area contributed by atoms with Crippen molar-refractivity contribution in [1.82, 2.24) is 0 Å². The van der Waals surface area contributed by atoms with Crippen LogP contribution in [0, 0.1) is 0 Å². The Kier molecular flexibility index (Phi) is 2.90. The summed E-state index contributed by atoms with van der Waals surface area (Å²) < 4.78 is 44.6. The van der Waals surface area contributed by atoms with Crippen LogP contribution in [0.1, 0.15) is 0 Å². The first-order chi connectivity index (χ1) is 3.50. The summed E-state index contributed by atoms with van der Waals surface area (Å²) in [6.45, 7) is 0. The minimum atomic E-state index is -4.11. The van der Waals surface area contributed by atoms with Crippen LogP contribution in [-0.4, -0.2) is 11.7 Å². The van der Waals surface area contributed by atoms with Crippen LogP contribution in [-0.2, 0) is 0 Å². The maximum Gasteiger partial charge on any atom is 0.367 e. The molecule has 8 heavy (non-hydrogen) atoms. The fraction of sp³-hybridized carbons (Fsp3) is 1.00. The van der Waals surface area contributed by atoms with Gasteiger partial charge in [-0.15, -0.1) is 0 Å². The van der Waals surface area contributed by atoms with Crippen LogP contribution in [0.2, 0.25) is 0 Å². The largest absolute Gasteiger partial charge is 0.367 e. The van der Waals surface area contributed by atoms with Crippen molar-refractivity contribution in [3.63, 3.8) is 0 Å². The predicted octanol–water partition coefficient (Wildman–Crippen LogP) is 2.73. The summed E-state index contributed by atoms with van der Waals surface area (Å²) in [6, 6.07) is 0. The second kappa shape index (κ2) is 2.77. The zero-order valence-corrected chi connectivity index (χ0v) is 4.95. The van der Waals surface area contributed by atoms with E-state index in [-0.39, 0.29) is 0 Å². The van der Waals surface area contributed by atoms with Crippen LogP contribution in [0.4, 0.5) is 17.6 Å². The SMILES string of the molecule is FC(F)C(F)(F)SCl. The summed E-state index contributed by atoms with van der Waals surface area (Å²) in [6.07, 6.45) is -3.69. The van der Waals surface area contributed by atoms with Crippen LogP contribution < -0.4 is 0 Å². The standard InChI is InChI=1S/C2HClF4S/c3-8-2(6,7)1(4)5/h1H. The summed E-state index contributed by atoms with van der Waals surface area (Å²) >= 11 is 0. The summed E-state index contributed by atoms with van der Waals surface area (Å²) in [7, 11) is 3.70. The van der Waals surface area contributed by atoms with Gasteiger partial charge in [-0.05, 0) is 10.7 Å². The van der Waals surface area contributed by atoms with Gasteiger partial charge in [-0.2, -0.15) is 8.78 Å². The van der Waals surface area contributed by atoms with Gasteiger partial charge in [0.15, 0.2) is 0 Å². The fourth-order valence-electron chi connectivity index (χ4n) is 0.0337. The van der Waals surface area contributed by atoms with Crippen molar-refractivity contribution in [2.45, 2.75) is 11.7 Å². The highest BCUT2D eigenvalue weighted by molar-refractivity contribution is 8.21. The van der Waals surface area contributed by atoms with E-state index in [1.165, 1.54) is 0 Å². The molecule has 0 aliphatic rings. The summed E-state index contributed by atoms with van der Waals surface area (Å²) in [4.78, 5) is 0. The van der Waals surface area contributed by atoms with E-state index < -0.39 is 22.7 Å². The van der Waals surface area contributed by atoms with Crippen molar-refractivity contribution in [2.75, 3.05) is 0 Å². The minimum Gasteiger partial charge on any atom is -0.202 e. The second-order valence-corrected chi connectivity index (χ2v) is 2.10. The van der Waals surface area contributed by atoms with Crippen molar-refractivity contribution >= 4 is 21.7 Å². The molecular formula is C2HClF4S. The van der Waals surface area contributed by atoms with Gasteiger partial charge in [0.05, 0.1) is 0 Å². The first kappa shape index (κ1) is 8.36. The molecule has 0 nitrogen and oxygen atoms in total. The van der Waals surface area contributed by atoms with E-state index in [9.17, 15) is 17.6 Å². The average molecular weight is 169 g/mol. The zero-order valence-electron chi connectivity index (χ0n) is 3.38. The normalized spacial score (nSPS) is 12.8. The van der Waals surface area contributed by atoms with Gasteiger partial charge in [-0.25, -0.2) is 8.78 Å². The van der Waals surface area contributed by atoms with E-state index in [4.69, 9.17) is 0 Å². The lowest BCUT2D eigenvalue weighted by Gasteiger charge is -2.07. The van der Waals surface area contributed by atoms with E-state index in [1.54, 1.807) is 0 Å². The molecule has 50 valence electrons. The van der Waals surface area contributed by atoms with Crippen LogP contribution in [0.25, 0.3) is 0 Å². The Morgan fingerprint density at radius 3 is 1.75 bits per heavy atom. The predicted molar refractivity (Wildman–Crippen MR) is 24.4 cm³/mol. The van der Waals surface area contributed by atoms with Crippen LogP contribution in [0.3, 0.4) is 0 Å². The number of hydrogen-bond donors (Lipinski definition) is 0. The van der Waals surface area contributed by atoms with Crippen LogP contribution in [0.15, 0.2) is 0 Å². The molecule has 0 aromatic heterocycles. The Labute approximate surface area is 51.7 Å². The second-order valence-electron chi connectivity index (χ2n) is 0.940. The Morgan fingerprint density at radius 2 is 1.75 bits per heavy atom. The third kappa shape index (κ3) is 2.09. The Balaban J connectivity index is 3.71.